The SMILES string of the molecule is C=C(C)C(=O)O.C=C(C)C(=O)OCCCC.C=Cc1ccccc1. The molecule has 0 unspecified atom stereocenters. The van der Waals surface area contributed by atoms with Crippen LogP contribution in [0, 0.1) is 0 Å². The molecule has 1 aromatic rings. The molecule has 0 radical (unpaired) electrons. The Kier molecular flexibility index (Phi) is 15.1. The molecular weight excluding hydrogens is 304 g/mol. The van der Waals surface area contributed by atoms with Crippen molar-refractivity contribution in [3.63, 3.8) is 0 Å². The normalized spacial score (nSPS) is 8.46. The molecule has 1 rings (SSSR count). The Labute approximate surface area is 145 Å². The van der Waals surface area contributed by atoms with Crippen molar-refractivity contribution in [2.24, 2.45) is 0 Å². The van der Waals surface area contributed by atoms with Crippen LogP contribution in [0.4, 0.5) is 0 Å². The zero-order chi connectivity index (χ0) is 19.0. The van der Waals surface area contributed by atoms with E-state index in [9.17, 15) is 9.59 Å². The second-order valence-corrected chi connectivity index (χ2v) is 4.97. The molecule has 0 heterocycles. The summed E-state index contributed by atoms with van der Waals surface area (Å²) in [5.41, 5.74) is 1.82. The molecule has 1 N–H and O–H groups in total. The van der Waals surface area contributed by atoms with Crippen molar-refractivity contribution in [2.45, 2.75) is 33.6 Å². The second-order valence-electron chi connectivity index (χ2n) is 4.97. The summed E-state index contributed by atoms with van der Waals surface area (Å²) >= 11 is 0. The van der Waals surface area contributed by atoms with Crippen LogP contribution in [-0.2, 0) is 14.3 Å². The molecule has 0 atom stereocenters. The number of unbranched alkanes of at least 4 members (excludes halogenated alkanes) is 1. The lowest BCUT2D eigenvalue weighted by molar-refractivity contribution is -0.139. The molecule has 1 aromatic carbocycles. The van der Waals surface area contributed by atoms with Crippen LogP contribution >= 0.6 is 0 Å². The third-order valence-corrected chi connectivity index (χ3v) is 2.48. The van der Waals surface area contributed by atoms with E-state index in [4.69, 9.17) is 9.84 Å². The van der Waals surface area contributed by atoms with Crippen molar-refractivity contribution >= 4 is 18.0 Å². The van der Waals surface area contributed by atoms with Crippen molar-refractivity contribution in [1.82, 2.24) is 0 Å². The van der Waals surface area contributed by atoms with E-state index in [1.807, 2.05) is 36.4 Å². The summed E-state index contributed by atoms with van der Waals surface area (Å²) in [4.78, 5) is 20.3. The maximum atomic E-state index is 10.7. The van der Waals surface area contributed by atoms with Gasteiger partial charge in [0, 0.05) is 11.1 Å². The van der Waals surface area contributed by atoms with Crippen LogP contribution < -0.4 is 0 Å². The van der Waals surface area contributed by atoms with Crippen LogP contribution in [0.25, 0.3) is 6.08 Å². The lowest BCUT2D eigenvalue weighted by Gasteiger charge is -2.01. The number of rotatable bonds is 6. The largest absolute Gasteiger partial charge is 0.478 e. The fourth-order valence-corrected chi connectivity index (χ4v) is 1.02. The molecule has 4 heteroatoms. The summed E-state index contributed by atoms with van der Waals surface area (Å²) in [7, 11) is 0. The van der Waals surface area contributed by atoms with Crippen molar-refractivity contribution in [3.8, 4) is 0 Å². The van der Waals surface area contributed by atoms with E-state index in [2.05, 4.69) is 26.7 Å². The summed E-state index contributed by atoms with van der Waals surface area (Å²) in [5.74, 6) is -1.22. The summed E-state index contributed by atoms with van der Waals surface area (Å²) in [6, 6.07) is 10.0. The quantitative estimate of drug-likeness (QED) is 0.458. The van der Waals surface area contributed by atoms with Gasteiger partial charge < -0.3 is 9.84 Å². The number of carboxylic acid groups (broad SMARTS) is 1. The van der Waals surface area contributed by atoms with Gasteiger partial charge in [0.2, 0.25) is 0 Å². The van der Waals surface area contributed by atoms with Gasteiger partial charge in [0.05, 0.1) is 6.61 Å². The molecule has 0 aliphatic heterocycles. The molecule has 0 amide bonds. The lowest BCUT2D eigenvalue weighted by Crippen LogP contribution is -2.05. The Morgan fingerprint density at radius 3 is 1.92 bits per heavy atom. The number of carboxylic acids is 1. The molecule has 0 aliphatic rings. The first-order chi connectivity index (χ1) is 11.3. The molecule has 132 valence electrons. The van der Waals surface area contributed by atoms with Crippen molar-refractivity contribution in [3.05, 3.63) is 66.8 Å². The highest BCUT2D eigenvalue weighted by Crippen LogP contribution is 1.97. The maximum Gasteiger partial charge on any atom is 0.333 e. The van der Waals surface area contributed by atoms with Gasteiger partial charge in [-0.15, -0.1) is 0 Å². The third kappa shape index (κ3) is 15.8. The van der Waals surface area contributed by atoms with E-state index in [0.717, 1.165) is 12.8 Å². The predicted octanol–water partition coefficient (Wildman–Crippen LogP) is 4.88. The van der Waals surface area contributed by atoms with Gasteiger partial charge >= 0.3 is 11.9 Å². The van der Waals surface area contributed by atoms with Gasteiger partial charge in [-0.1, -0.05) is 69.5 Å². The first-order valence-corrected chi connectivity index (χ1v) is 7.65. The van der Waals surface area contributed by atoms with Gasteiger partial charge in [-0.25, -0.2) is 9.59 Å². The van der Waals surface area contributed by atoms with Crippen LogP contribution in [0.2, 0.25) is 0 Å². The van der Waals surface area contributed by atoms with Gasteiger partial charge in [0.15, 0.2) is 0 Å². The minimum absolute atomic E-state index is 0.176. The molecule has 0 aromatic heterocycles. The second kappa shape index (κ2) is 15.3. The molecule has 4 nitrogen and oxygen atoms in total. The molecule has 0 spiro atoms. The van der Waals surface area contributed by atoms with Gasteiger partial charge in [0.25, 0.3) is 0 Å². The minimum atomic E-state index is -0.935. The van der Waals surface area contributed by atoms with Gasteiger partial charge in [-0.05, 0) is 25.8 Å². The molecule has 0 fully saturated rings. The van der Waals surface area contributed by atoms with Gasteiger partial charge in [-0.2, -0.15) is 0 Å². The van der Waals surface area contributed by atoms with E-state index in [-0.39, 0.29) is 11.5 Å². The molecule has 0 bridgehead atoms. The Balaban J connectivity index is 0. The van der Waals surface area contributed by atoms with Crippen LogP contribution in [-0.4, -0.2) is 23.7 Å². The van der Waals surface area contributed by atoms with Gasteiger partial charge in [-0.3, -0.25) is 0 Å². The monoisotopic (exact) mass is 332 g/mol. The highest BCUT2D eigenvalue weighted by molar-refractivity contribution is 5.86. The van der Waals surface area contributed by atoms with Gasteiger partial charge in [0.1, 0.15) is 0 Å². The Morgan fingerprint density at radius 1 is 1.12 bits per heavy atom. The number of hydrogen-bond donors (Lipinski definition) is 1. The zero-order valence-corrected chi connectivity index (χ0v) is 14.9. The van der Waals surface area contributed by atoms with Crippen LogP contribution in [0.1, 0.15) is 39.2 Å². The van der Waals surface area contributed by atoms with Crippen molar-refractivity contribution in [1.29, 1.82) is 0 Å². The van der Waals surface area contributed by atoms with E-state index in [1.54, 1.807) is 6.92 Å². The number of carbonyl (C=O) groups is 2. The Bertz CT molecular complexity index is 518. The Morgan fingerprint density at radius 2 is 1.62 bits per heavy atom. The van der Waals surface area contributed by atoms with E-state index >= 15 is 0 Å². The highest BCUT2D eigenvalue weighted by atomic mass is 16.5. The average Bonchev–Trinajstić information content (AvgIpc) is 2.56. The number of hydrogen-bond acceptors (Lipinski definition) is 3. The van der Waals surface area contributed by atoms with E-state index in [1.165, 1.54) is 12.5 Å². The Hall–Kier alpha value is -2.62. The van der Waals surface area contributed by atoms with Crippen LogP contribution in [0.15, 0.2) is 61.2 Å². The summed E-state index contributed by atoms with van der Waals surface area (Å²) in [5, 5.41) is 7.89. The van der Waals surface area contributed by atoms with E-state index in [0.29, 0.717) is 12.2 Å². The zero-order valence-electron chi connectivity index (χ0n) is 14.9. The first kappa shape index (κ1) is 23.6. The number of benzene rings is 1. The fourth-order valence-electron chi connectivity index (χ4n) is 1.02. The summed E-state index contributed by atoms with van der Waals surface area (Å²) in [6.45, 7) is 15.9. The lowest BCUT2D eigenvalue weighted by atomic mass is 10.2. The number of esters is 1. The predicted molar refractivity (Wildman–Crippen MR) is 99.7 cm³/mol. The number of aliphatic carboxylic acids is 1. The van der Waals surface area contributed by atoms with Crippen molar-refractivity contribution < 1.29 is 19.4 Å². The van der Waals surface area contributed by atoms with E-state index < -0.39 is 5.97 Å². The van der Waals surface area contributed by atoms with Crippen molar-refractivity contribution in [2.75, 3.05) is 6.61 Å². The number of ether oxygens (including phenoxy) is 1. The summed E-state index contributed by atoms with van der Waals surface area (Å²) < 4.78 is 4.81. The standard InChI is InChI=1S/C8H14O2.C8H8.C4H6O2/c1-4-5-6-10-8(9)7(2)3;1-2-8-6-4-3-5-7-8;1-3(2)4(5)6/h2,4-6H2,1,3H3;2-7H,1H2;1H2,2H3,(H,5,6). The molecule has 24 heavy (non-hydrogen) atoms. The molecule has 0 saturated carbocycles. The topological polar surface area (TPSA) is 63.6 Å². The first-order valence-electron chi connectivity index (χ1n) is 7.65. The fraction of sp³-hybridized carbons (Fsp3) is 0.300. The molecule has 0 saturated heterocycles. The molecule has 0 aliphatic carbocycles. The summed E-state index contributed by atoms with van der Waals surface area (Å²) in [6.07, 6.45) is 3.81. The maximum absolute atomic E-state index is 10.7. The molecular formula is C20H28O4. The highest BCUT2D eigenvalue weighted by Gasteiger charge is 2.00. The number of carbonyl (C=O) groups excluding carboxylic acids is 1. The average molecular weight is 332 g/mol. The van der Waals surface area contributed by atoms with Crippen LogP contribution in [0.3, 0.4) is 0 Å². The van der Waals surface area contributed by atoms with Crippen LogP contribution in [0.5, 0.6) is 0 Å². The minimum Gasteiger partial charge on any atom is -0.478 e. The smallest absolute Gasteiger partial charge is 0.333 e. The third-order valence-electron chi connectivity index (χ3n) is 2.48.